The number of aromatic nitrogens is 3. The first-order valence-corrected chi connectivity index (χ1v) is 7.70. The van der Waals surface area contributed by atoms with Crippen molar-refractivity contribution in [2.75, 3.05) is 7.05 Å². The Morgan fingerprint density at radius 2 is 1.96 bits per heavy atom. The molecule has 0 aliphatic heterocycles. The van der Waals surface area contributed by atoms with Crippen LogP contribution in [0.25, 0.3) is 11.0 Å². The fourth-order valence-corrected chi connectivity index (χ4v) is 2.77. The van der Waals surface area contributed by atoms with Crippen LogP contribution in [0.15, 0.2) is 36.5 Å². The van der Waals surface area contributed by atoms with E-state index in [1.807, 2.05) is 27.0 Å². The van der Waals surface area contributed by atoms with Gasteiger partial charge in [0.2, 0.25) is 0 Å². The normalized spacial score (nSPS) is 12.4. The van der Waals surface area contributed by atoms with Gasteiger partial charge in [0.05, 0.1) is 17.3 Å². The van der Waals surface area contributed by atoms with Crippen molar-refractivity contribution >= 4 is 16.9 Å². The number of hydrogen-bond donors (Lipinski definition) is 0. The molecule has 0 radical (unpaired) electrons. The number of benzene rings is 1. The smallest absolute Gasteiger partial charge is 0.255 e. The molecule has 3 aromatic rings. The highest BCUT2D eigenvalue weighted by Crippen LogP contribution is 2.23. The van der Waals surface area contributed by atoms with Crippen molar-refractivity contribution in [2.24, 2.45) is 7.05 Å². The highest BCUT2D eigenvalue weighted by molar-refractivity contribution is 5.97. The van der Waals surface area contributed by atoms with Gasteiger partial charge in [0.15, 0.2) is 5.65 Å². The second-order valence-corrected chi connectivity index (χ2v) is 5.95. The largest absolute Gasteiger partial charge is 0.335 e. The highest BCUT2D eigenvalue weighted by atomic mass is 19.1. The lowest BCUT2D eigenvalue weighted by atomic mass is 10.1. The quantitative estimate of drug-likeness (QED) is 0.742. The molecule has 0 N–H and O–H groups in total. The zero-order valence-electron chi connectivity index (χ0n) is 14.1. The van der Waals surface area contributed by atoms with Gasteiger partial charge in [-0.25, -0.2) is 9.37 Å². The Labute approximate surface area is 139 Å². The van der Waals surface area contributed by atoms with Crippen LogP contribution in [-0.4, -0.2) is 32.6 Å². The highest BCUT2D eigenvalue weighted by Gasteiger charge is 2.20. The summed E-state index contributed by atoms with van der Waals surface area (Å²) in [5.74, 6) is -0.425. The minimum atomic E-state index is -0.290. The Kier molecular flexibility index (Phi) is 4.05. The molecule has 1 unspecified atom stereocenters. The van der Waals surface area contributed by atoms with Crippen LogP contribution in [0.2, 0.25) is 0 Å². The van der Waals surface area contributed by atoms with Crippen molar-refractivity contribution in [2.45, 2.75) is 19.9 Å². The van der Waals surface area contributed by atoms with Gasteiger partial charge < -0.3 is 4.90 Å². The fourth-order valence-electron chi connectivity index (χ4n) is 2.77. The number of rotatable bonds is 3. The molecule has 0 aliphatic carbocycles. The van der Waals surface area contributed by atoms with E-state index in [-0.39, 0.29) is 17.8 Å². The maximum absolute atomic E-state index is 13.1. The molecule has 0 fully saturated rings. The van der Waals surface area contributed by atoms with Crippen LogP contribution < -0.4 is 0 Å². The zero-order chi connectivity index (χ0) is 17.4. The van der Waals surface area contributed by atoms with Crippen molar-refractivity contribution in [1.29, 1.82) is 0 Å². The summed E-state index contributed by atoms with van der Waals surface area (Å²) in [6, 6.07) is 7.82. The summed E-state index contributed by atoms with van der Waals surface area (Å²) in [5, 5.41) is 5.19. The Morgan fingerprint density at radius 1 is 1.29 bits per heavy atom. The van der Waals surface area contributed by atoms with E-state index in [4.69, 9.17) is 0 Å². The molecule has 5 nitrogen and oxygen atoms in total. The van der Waals surface area contributed by atoms with Gasteiger partial charge in [-0.1, -0.05) is 12.1 Å². The van der Waals surface area contributed by atoms with E-state index in [9.17, 15) is 9.18 Å². The predicted octanol–water partition coefficient (Wildman–Crippen LogP) is 3.25. The van der Waals surface area contributed by atoms with Crippen molar-refractivity contribution in [1.82, 2.24) is 19.7 Å². The molecule has 124 valence electrons. The van der Waals surface area contributed by atoms with Crippen molar-refractivity contribution < 1.29 is 9.18 Å². The van der Waals surface area contributed by atoms with Gasteiger partial charge >= 0.3 is 0 Å². The van der Waals surface area contributed by atoms with Gasteiger partial charge in [-0.3, -0.25) is 9.48 Å². The lowest BCUT2D eigenvalue weighted by Gasteiger charge is -2.25. The van der Waals surface area contributed by atoms with E-state index in [1.54, 1.807) is 35.0 Å². The number of halogens is 1. The van der Waals surface area contributed by atoms with E-state index in [0.717, 1.165) is 22.3 Å². The number of pyridine rings is 1. The fraction of sp³-hybridized carbons (Fsp3) is 0.278. The molecule has 0 saturated carbocycles. The van der Waals surface area contributed by atoms with Gasteiger partial charge in [-0.2, -0.15) is 5.10 Å². The molecule has 1 aromatic carbocycles. The van der Waals surface area contributed by atoms with E-state index in [0.29, 0.717) is 5.56 Å². The van der Waals surface area contributed by atoms with Crippen molar-refractivity contribution in [3.63, 3.8) is 0 Å². The molecule has 6 heteroatoms. The molecule has 24 heavy (non-hydrogen) atoms. The summed E-state index contributed by atoms with van der Waals surface area (Å²) in [6.07, 6.45) is 1.57. The van der Waals surface area contributed by atoms with Gasteiger partial charge in [-0.05, 0) is 37.6 Å². The third-order valence-electron chi connectivity index (χ3n) is 4.36. The molecule has 0 aliphatic rings. The van der Waals surface area contributed by atoms with Crippen LogP contribution in [0, 0.1) is 12.7 Å². The Balaban J connectivity index is 1.90. The summed E-state index contributed by atoms with van der Waals surface area (Å²) in [4.78, 5) is 18.8. The third kappa shape index (κ3) is 2.75. The first-order chi connectivity index (χ1) is 11.4. The summed E-state index contributed by atoms with van der Waals surface area (Å²) in [6.45, 7) is 3.80. The molecule has 2 aromatic heterocycles. The summed E-state index contributed by atoms with van der Waals surface area (Å²) < 4.78 is 14.8. The third-order valence-corrected chi connectivity index (χ3v) is 4.36. The van der Waals surface area contributed by atoms with E-state index in [1.165, 1.54) is 12.1 Å². The molecular formula is C18H19FN4O. The molecule has 1 atom stereocenters. The minimum absolute atomic E-state index is 0.135. The number of aryl methyl sites for hydroxylation is 2. The molecule has 0 bridgehead atoms. The van der Waals surface area contributed by atoms with Crippen LogP contribution in [-0.2, 0) is 7.05 Å². The molecular weight excluding hydrogens is 307 g/mol. The molecule has 3 rings (SSSR count). The topological polar surface area (TPSA) is 51.0 Å². The lowest BCUT2D eigenvalue weighted by Crippen LogP contribution is -2.29. The Bertz CT molecular complexity index is 901. The molecule has 0 spiro atoms. The van der Waals surface area contributed by atoms with E-state index < -0.39 is 0 Å². The van der Waals surface area contributed by atoms with Gasteiger partial charge in [0.25, 0.3) is 5.91 Å². The first kappa shape index (κ1) is 16.1. The number of nitrogens with zero attached hydrogens (tertiary/aromatic N) is 4. The van der Waals surface area contributed by atoms with Crippen LogP contribution in [0.1, 0.15) is 34.6 Å². The Morgan fingerprint density at radius 3 is 2.62 bits per heavy atom. The van der Waals surface area contributed by atoms with Crippen LogP contribution in [0.3, 0.4) is 0 Å². The number of carbonyl (C=O) groups is 1. The average Bonchev–Trinajstić information content (AvgIpc) is 2.87. The monoisotopic (exact) mass is 326 g/mol. The first-order valence-electron chi connectivity index (χ1n) is 7.70. The minimum Gasteiger partial charge on any atom is -0.335 e. The number of fused-ring (bicyclic) bond motifs is 1. The SMILES string of the molecule is Cc1nn(C)c2ncc(C(=O)N(C)C(C)c3ccc(F)cc3)cc12. The predicted molar refractivity (Wildman–Crippen MR) is 90.2 cm³/mol. The maximum atomic E-state index is 13.1. The van der Waals surface area contributed by atoms with Crippen LogP contribution in [0.5, 0.6) is 0 Å². The van der Waals surface area contributed by atoms with Crippen molar-refractivity contribution in [3.8, 4) is 0 Å². The average molecular weight is 326 g/mol. The summed E-state index contributed by atoms with van der Waals surface area (Å²) in [7, 11) is 3.56. The summed E-state index contributed by atoms with van der Waals surface area (Å²) in [5.41, 5.74) is 2.97. The van der Waals surface area contributed by atoms with E-state index in [2.05, 4.69) is 10.1 Å². The summed E-state index contributed by atoms with van der Waals surface area (Å²) >= 11 is 0. The van der Waals surface area contributed by atoms with Gasteiger partial charge in [0.1, 0.15) is 5.82 Å². The second-order valence-electron chi connectivity index (χ2n) is 5.95. The number of hydrogen-bond acceptors (Lipinski definition) is 3. The number of amides is 1. The van der Waals surface area contributed by atoms with Gasteiger partial charge in [-0.15, -0.1) is 0 Å². The second kappa shape index (κ2) is 6.03. The molecule has 2 heterocycles. The zero-order valence-corrected chi connectivity index (χ0v) is 14.1. The van der Waals surface area contributed by atoms with Crippen LogP contribution >= 0.6 is 0 Å². The standard InChI is InChI=1S/C18H19FN4O/c1-11-16-9-14(10-20-17(16)23(4)21-11)18(24)22(3)12(2)13-5-7-15(19)8-6-13/h5-10,12H,1-4H3. The van der Waals surface area contributed by atoms with Gasteiger partial charge in [0, 0.05) is 25.7 Å². The Hall–Kier alpha value is -2.76. The van der Waals surface area contributed by atoms with Crippen molar-refractivity contribution in [3.05, 3.63) is 59.2 Å². The van der Waals surface area contributed by atoms with E-state index >= 15 is 0 Å². The maximum Gasteiger partial charge on any atom is 0.255 e. The molecule has 0 saturated heterocycles. The molecule has 1 amide bonds. The number of carbonyl (C=O) groups excluding carboxylic acids is 1. The van der Waals surface area contributed by atoms with Crippen LogP contribution in [0.4, 0.5) is 4.39 Å². The lowest BCUT2D eigenvalue weighted by molar-refractivity contribution is 0.0742.